The van der Waals surface area contributed by atoms with Gasteiger partial charge in [-0.1, -0.05) is 0 Å². The van der Waals surface area contributed by atoms with Crippen molar-refractivity contribution in [3.63, 3.8) is 0 Å². The lowest BCUT2D eigenvalue weighted by atomic mass is 10.1. The van der Waals surface area contributed by atoms with Crippen molar-refractivity contribution in [2.45, 2.75) is 19.9 Å². The zero-order chi connectivity index (χ0) is 20.2. The molecule has 0 spiro atoms. The molecule has 30 heavy (non-hydrogen) atoms. The summed E-state index contributed by atoms with van der Waals surface area (Å²) in [5.41, 5.74) is 4.84. The maximum Gasteiger partial charge on any atom is 0.192 e. The average Bonchev–Trinajstić information content (AvgIpc) is 3.30. The molecule has 6 rings (SSSR count). The summed E-state index contributed by atoms with van der Waals surface area (Å²) in [6.07, 6.45) is 5.70. The molecule has 0 bridgehead atoms. The second-order valence-electron chi connectivity index (χ2n) is 7.62. The van der Waals surface area contributed by atoms with Gasteiger partial charge in [0.25, 0.3) is 0 Å². The summed E-state index contributed by atoms with van der Waals surface area (Å²) < 4.78 is 7.78. The maximum atomic E-state index is 5.57. The van der Waals surface area contributed by atoms with Crippen LogP contribution in [0.25, 0.3) is 33.5 Å². The standard InChI is InChI=1S/C22H19N7O/c1-13-23-7-8-29(13)16-11-28(12-16)21-10-24-18-5-4-17(26-22(18)27-21)15-3-6-20-19(9-15)25-14(2)30-20/h3-10,16H,11-12H2,1-2H3. The van der Waals surface area contributed by atoms with Gasteiger partial charge >= 0.3 is 0 Å². The maximum absolute atomic E-state index is 5.57. The van der Waals surface area contributed by atoms with Gasteiger partial charge in [-0.15, -0.1) is 0 Å². The molecule has 0 N–H and O–H groups in total. The number of imidazole rings is 1. The second kappa shape index (κ2) is 6.35. The normalized spacial score (nSPS) is 14.5. The Labute approximate surface area is 172 Å². The fourth-order valence-corrected chi connectivity index (χ4v) is 4.00. The van der Waals surface area contributed by atoms with E-state index in [0.29, 0.717) is 17.6 Å². The number of pyridine rings is 1. The molecule has 0 amide bonds. The third-order valence-corrected chi connectivity index (χ3v) is 5.63. The van der Waals surface area contributed by atoms with Crippen LogP contribution in [0.5, 0.6) is 0 Å². The van der Waals surface area contributed by atoms with E-state index in [1.807, 2.05) is 62.8 Å². The van der Waals surface area contributed by atoms with Crippen LogP contribution >= 0.6 is 0 Å². The summed E-state index contributed by atoms with van der Waals surface area (Å²) >= 11 is 0. The Hall–Kier alpha value is -3.81. The lowest BCUT2D eigenvalue weighted by molar-refractivity contribution is 0.390. The third kappa shape index (κ3) is 2.72. The highest BCUT2D eigenvalue weighted by Crippen LogP contribution is 2.29. The highest BCUT2D eigenvalue weighted by molar-refractivity contribution is 5.81. The van der Waals surface area contributed by atoms with Crippen LogP contribution in [0.2, 0.25) is 0 Å². The molecule has 5 heterocycles. The number of nitrogens with zero attached hydrogens (tertiary/aromatic N) is 7. The molecular weight excluding hydrogens is 378 g/mol. The minimum absolute atomic E-state index is 0.418. The molecule has 1 fully saturated rings. The van der Waals surface area contributed by atoms with E-state index < -0.39 is 0 Å². The number of anilines is 1. The predicted octanol–water partition coefficient (Wildman–Crippen LogP) is 3.71. The van der Waals surface area contributed by atoms with Gasteiger partial charge in [0.15, 0.2) is 17.1 Å². The molecule has 0 radical (unpaired) electrons. The number of rotatable bonds is 3. The first kappa shape index (κ1) is 17.1. The first-order valence-corrected chi connectivity index (χ1v) is 9.90. The molecule has 0 aliphatic carbocycles. The highest BCUT2D eigenvalue weighted by Gasteiger charge is 2.30. The molecule has 1 aliphatic rings. The molecule has 0 saturated carbocycles. The van der Waals surface area contributed by atoms with E-state index in [0.717, 1.165) is 52.6 Å². The number of oxazole rings is 1. The van der Waals surface area contributed by atoms with E-state index in [1.165, 1.54) is 0 Å². The minimum Gasteiger partial charge on any atom is -0.441 e. The molecule has 1 aliphatic heterocycles. The second-order valence-corrected chi connectivity index (χ2v) is 7.62. The zero-order valence-electron chi connectivity index (χ0n) is 16.6. The summed E-state index contributed by atoms with van der Waals surface area (Å²) in [6, 6.07) is 10.3. The molecule has 5 aromatic rings. The van der Waals surface area contributed by atoms with Crippen molar-refractivity contribution in [2.24, 2.45) is 0 Å². The topological polar surface area (TPSA) is 85.8 Å². The molecule has 1 aromatic carbocycles. The van der Waals surface area contributed by atoms with Crippen molar-refractivity contribution in [2.75, 3.05) is 18.0 Å². The Morgan fingerprint density at radius 2 is 1.87 bits per heavy atom. The van der Waals surface area contributed by atoms with E-state index in [9.17, 15) is 0 Å². The highest BCUT2D eigenvalue weighted by atomic mass is 16.3. The van der Waals surface area contributed by atoms with Gasteiger partial charge in [0.1, 0.15) is 22.7 Å². The van der Waals surface area contributed by atoms with Crippen molar-refractivity contribution >= 4 is 28.1 Å². The predicted molar refractivity (Wildman–Crippen MR) is 113 cm³/mol. The number of aryl methyl sites for hydroxylation is 2. The minimum atomic E-state index is 0.418. The first-order chi connectivity index (χ1) is 14.6. The smallest absolute Gasteiger partial charge is 0.192 e. The summed E-state index contributed by atoms with van der Waals surface area (Å²) in [4.78, 5) is 25.1. The molecule has 8 heteroatoms. The third-order valence-electron chi connectivity index (χ3n) is 5.63. The summed E-state index contributed by atoms with van der Waals surface area (Å²) in [5, 5.41) is 0. The van der Waals surface area contributed by atoms with Crippen LogP contribution in [-0.4, -0.2) is 42.6 Å². The summed E-state index contributed by atoms with van der Waals surface area (Å²) in [6.45, 7) is 5.65. The summed E-state index contributed by atoms with van der Waals surface area (Å²) in [7, 11) is 0. The number of hydrogen-bond donors (Lipinski definition) is 0. The Bertz CT molecular complexity index is 1400. The number of aromatic nitrogens is 6. The van der Waals surface area contributed by atoms with Gasteiger partial charge in [0.05, 0.1) is 17.9 Å². The zero-order valence-corrected chi connectivity index (χ0v) is 16.6. The van der Waals surface area contributed by atoms with E-state index in [-0.39, 0.29) is 0 Å². The SMILES string of the molecule is Cc1nc2cc(-c3ccc4ncc(N5CC(n6ccnc6C)C5)nc4n3)ccc2o1. The van der Waals surface area contributed by atoms with Crippen LogP contribution < -0.4 is 4.90 Å². The van der Waals surface area contributed by atoms with Crippen molar-refractivity contribution in [1.29, 1.82) is 0 Å². The molecule has 0 atom stereocenters. The molecule has 0 unspecified atom stereocenters. The van der Waals surface area contributed by atoms with Crippen LogP contribution in [0.3, 0.4) is 0 Å². The molecular formula is C22H19N7O. The monoisotopic (exact) mass is 397 g/mol. The Kier molecular flexibility index (Phi) is 3.61. The number of fused-ring (bicyclic) bond motifs is 2. The number of hydrogen-bond acceptors (Lipinski definition) is 7. The van der Waals surface area contributed by atoms with Crippen molar-refractivity contribution in [1.82, 2.24) is 29.5 Å². The molecule has 8 nitrogen and oxygen atoms in total. The van der Waals surface area contributed by atoms with E-state index >= 15 is 0 Å². The Morgan fingerprint density at radius 1 is 0.967 bits per heavy atom. The average molecular weight is 397 g/mol. The van der Waals surface area contributed by atoms with Gasteiger partial charge in [0.2, 0.25) is 0 Å². The molecule has 1 saturated heterocycles. The van der Waals surface area contributed by atoms with E-state index in [1.54, 1.807) is 0 Å². The molecule has 4 aromatic heterocycles. The van der Waals surface area contributed by atoms with Gasteiger partial charge in [-0.05, 0) is 37.3 Å². The lowest BCUT2D eigenvalue weighted by Crippen LogP contribution is -2.48. The lowest BCUT2D eigenvalue weighted by Gasteiger charge is -2.40. The van der Waals surface area contributed by atoms with Gasteiger partial charge in [-0.3, -0.25) is 0 Å². The van der Waals surface area contributed by atoms with Gasteiger partial charge in [0, 0.05) is 38.0 Å². The summed E-state index contributed by atoms with van der Waals surface area (Å²) in [5.74, 6) is 2.54. The Morgan fingerprint density at radius 3 is 2.70 bits per heavy atom. The largest absolute Gasteiger partial charge is 0.441 e. The van der Waals surface area contributed by atoms with Crippen molar-refractivity contribution in [3.8, 4) is 11.3 Å². The van der Waals surface area contributed by atoms with Crippen LogP contribution in [0.4, 0.5) is 5.82 Å². The van der Waals surface area contributed by atoms with E-state index in [2.05, 4.69) is 24.4 Å². The Balaban J connectivity index is 1.30. The fraction of sp³-hybridized carbons (Fsp3) is 0.227. The number of benzene rings is 1. The van der Waals surface area contributed by atoms with Gasteiger partial charge in [-0.25, -0.2) is 24.9 Å². The quantitative estimate of drug-likeness (QED) is 0.459. The van der Waals surface area contributed by atoms with Crippen LogP contribution in [0.1, 0.15) is 17.8 Å². The van der Waals surface area contributed by atoms with Crippen LogP contribution in [0, 0.1) is 13.8 Å². The van der Waals surface area contributed by atoms with Crippen molar-refractivity contribution < 1.29 is 4.42 Å². The molecule has 148 valence electrons. The van der Waals surface area contributed by atoms with E-state index in [4.69, 9.17) is 14.4 Å². The van der Waals surface area contributed by atoms with Crippen molar-refractivity contribution in [3.05, 3.63) is 60.6 Å². The van der Waals surface area contributed by atoms with Crippen LogP contribution in [0.15, 0.2) is 53.3 Å². The van der Waals surface area contributed by atoms with Crippen LogP contribution in [-0.2, 0) is 0 Å². The van der Waals surface area contributed by atoms with Gasteiger partial charge in [-0.2, -0.15) is 0 Å². The fourth-order valence-electron chi connectivity index (χ4n) is 4.00. The van der Waals surface area contributed by atoms with Gasteiger partial charge < -0.3 is 13.9 Å². The first-order valence-electron chi connectivity index (χ1n) is 9.90.